The van der Waals surface area contributed by atoms with E-state index < -0.39 is 0 Å². The average Bonchev–Trinajstić information content (AvgIpc) is 3.42. The first-order valence-corrected chi connectivity index (χ1v) is 12.1. The van der Waals surface area contributed by atoms with Crippen LogP contribution in [0.5, 0.6) is 5.75 Å². The maximum Gasteiger partial charge on any atom is 0.234 e. The van der Waals surface area contributed by atoms with Gasteiger partial charge in [0, 0.05) is 24.5 Å². The number of carbonyl (C=O) groups is 1. The Morgan fingerprint density at radius 2 is 1.82 bits per heavy atom. The van der Waals surface area contributed by atoms with Crippen molar-refractivity contribution in [2.45, 2.75) is 45.4 Å². The van der Waals surface area contributed by atoms with Gasteiger partial charge in [0.15, 0.2) is 5.82 Å². The molecule has 2 heterocycles. The van der Waals surface area contributed by atoms with Crippen LogP contribution < -0.4 is 20.8 Å². The second-order valence-corrected chi connectivity index (χ2v) is 9.35. The van der Waals surface area contributed by atoms with Crippen LogP contribution in [0.25, 0.3) is 0 Å². The van der Waals surface area contributed by atoms with E-state index in [-0.39, 0.29) is 18.3 Å². The minimum Gasteiger partial charge on any atom is -0.486 e. The Kier molecular flexibility index (Phi) is 7.08. The van der Waals surface area contributed by atoms with Crippen molar-refractivity contribution in [1.29, 1.82) is 0 Å². The summed E-state index contributed by atoms with van der Waals surface area (Å²) in [7, 11) is 0. The van der Waals surface area contributed by atoms with Crippen molar-refractivity contribution in [3.8, 4) is 5.75 Å². The molecule has 0 bridgehead atoms. The zero-order valence-corrected chi connectivity index (χ0v) is 20.1. The molecule has 4 rings (SSSR count). The highest BCUT2D eigenvalue weighted by atomic mass is 32.2. The summed E-state index contributed by atoms with van der Waals surface area (Å²) >= 11 is 1.24. The zero-order chi connectivity index (χ0) is 23.4. The number of nitrogens with two attached hydrogens (primary N) is 1. The second kappa shape index (κ2) is 10.2. The highest BCUT2D eigenvalue weighted by Crippen LogP contribution is 2.26. The van der Waals surface area contributed by atoms with Crippen molar-refractivity contribution in [2.75, 3.05) is 34.9 Å². The molecule has 3 N–H and O–H groups in total. The van der Waals surface area contributed by atoms with Gasteiger partial charge in [0.05, 0.1) is 5.75 Å². The van der Waals surface area contributed by atoms with E-state index >= 15 is 0 Å². The zero-order valence-electron chi connectivity index (χ0n) is 19.3. The third-order valence-electron chi connectivity index (χ3n) is 5.59. The van der Waals surface area contributed by atoms with Gasteiger partial charge >= 0.3 is 0 Å². The number of anilines is 2. The molecule has 3 aromatic rings. The van der Waals surface area contributed by atoms with Gasteiger partial charge in [-0.1, -0.05) is 17.8 Å². The summed E-state index contributed by atoms with van der Waals surface area (Å²) in [5, 5.41) is 11.6. The third-order valence-corrected chi connectivity index (χ3v) is 6.53. The van der Waals surface area contributed by atoms with E-state index in [0.717, 1.165) is 41.2 Å². The Bertz CT molecular complexity index is 1120. The number of nitrogens with one attached hydrogen (secondary N) is 1. The largest absolute Gasteiger partial charge is 0.486 e. The number of thioether (sulfide) groups is 1. The van der Waals surface area contributed by atoms with E-state index in [1.807, 2.05) is 39.0 Å². The lowest BCUT2D eigenvalue weighted by Gasteiger charge is -2.19. The Morgan fingerprint density at radius 3 is 2.52 bits per heavy atom. The van der Waals surface area contributed by atoms with Crippen LogP contribution >= 0.6 is 11.8 Å². The Hall–Kier alpha value is -3.20. The molecule has 0 radical (unpaired) electrons. The molecule has 1 aromatic heterocycles. The first kappa shape index (κ1) is 23.0. The molecule has 1 aliphatic heterocycles. The van der Waals surface area contributed by atoms with Gasteiger partial charge in [0.25, 0.3) is 0 Å². The number of carbonyl (C=O) groups excluding carboxylic acids is 1. The SMILES string of the molecule is Cc1cc(C)cc(OCc2nnc(SCC(=O)Nc3ccc(N4CCCC4)cc3C)n2N)c1. The molecule has 0 unspecified atom stereocenters. The van der Waals surface area contributed by atoms with Gasteiger partial charge in [-0.15, -0.1) is 10.2 Å². The van der Waals surface area contributed by atoms with Crippen molar-refractivity contribution in [1.82, 2.24) is 14.9 Å². The summed E-state index contributed by atoms with van der Waals surface area (Å²) in [6.07, 6.45) is 2.47. The first-order chi connectivity index (χ1) is 15.9. The van der Waals surface area contributed by atoms with E-state index in [4.69, 9.17) is 10.6 Å². The van der Waals surface area contributed by atoms with Gasteiger partial charge in [0.1, 0.15) is 12.4 Å². The lowest BCUT2D eigenvalue weighted by Crippen LogP contribution is -2.19. The summed E-state index contributed by atoms with van der Waals surface area (Å²) in [6, 6.07) is 12.2. The van der Waals surface area contributed by atoms with Gasteiger partial charge in [0.2, 0.25) is 11.1 Å². The minimum absolute atomic E-state index is 0.118. The van der Waals surface area contributed by atoms with Crippen LogP contribution in [-0.4, -0.2) is 39.6 Å². The molecule has 1 fully saturated rings. The molecular weight excluding hydrogens is 436 g/mol. The maximum absolute atomic E-state index is 12.5. The summed E-state index contributed by atoms with van der Waals surface area (Å²) < 4.78 is 7.19. The molecule has 1 amide bonds. The molecule has 1 aliphatic rings. The van der Waals surface area contributed by atoms with Crippen molar-refractivity contribution < 1.29 is 9.53 Å². The number of benzene rings is 2. The maximum atomic E-state index is 12.5. The number of aryl methyl sites for hydroxylation is 3. The summed E-state index contributed by atoms with van der Waals surface area (Å²) in [5.41, 5.74) is 5.33. The van der Waals surface area contributed by atoms with Crippen LogP contribution in [-0.2, 0) is 11.4 Å². The Labute approximate surface area is 198 Å². The van der Waals surface area contributed by atoms with Gasteiger partial charge in [-0.3, -0.25) is 4.79 Å². The van der Waals surface area contributed by atoms with Crippen LogP contribution in [0.4, 0.5) is 11.4 Å². The highest BCUT2D eigenvalue weighted by molar-refractivity contribution is 7.99. The quantitative estimate of drug-likeness (QED) is 0.385. The second-order valence-electron chi connectivity index (χ2n) is 8.41. The molecule has 9 heteroatoms. The molecule has 0 saturated carbocycles. The Morgan fingerprint density at radius 1 is 1.09 bits per heavy atom. The van der Waals surface area contributed by atoms with Gasteiger partial charge in [-0.05, 0) is 80.6 Å². The third kappa shape index (κ3) is 5.78. The molecule has 0 aliphatic carbocycles. The van der Waals surface area contributed by atoms with Crippen LogP contribution in [0, 0.1) is 20.8 Å². The van der Waals surface area contributed by atoms with Gasteiger partial charge < -0.3 is 20.8 Å². The van der Waals surface area contributed by atoms with E-state index in [1.54, 1.807) is 0 Å². The lowest BCUT2D eigenvalue weighted by molar-refractivity contribution is -0.113. The number of nitrogens with zero attached hydrogens (tertiary/aromatic N) is 4. The molecular formula is C24H30N6O2S. The number of aromatic nitrogens is 3. The topological polar surface area (TPSA) is 98.3 Å². The molecule has 174 valence electrons. The van der Waals surface area contributed by atoms with E-state index in [0.29, 0.717) is 11.0 Å². The van der Waals surface area contributed by atoms with E-state index in [1.165, 1.54) is 35.0 Å². The molecule has 1 saturated heterocycles. The fraction of sp³-hybridized carbons (Fsp3) is 0.375. The van der Waals surface area contributed by atoms with Crippen molar-refractivity contribution in [3.63, 3.8) is 0 Å². The van der Waals surface area contributed by atoms with E-state index in [2.05, 4.69) is 38.6 Å². The van der Waals surface area contributed by atoms with Gasteiger partial charge in [-0.2, -0.15) is 0 Å². The van der Waals surface area contributed by atoms with Crippen LogP contribution in [0.2, 0.25) is 0 Å². The fourth-order valence-electron chi connectivity index (χ4n) is 3.94. The molecule has 33 heavy (non-hydrogen) atoms. The average molecular weight is 467 g/mol. The summed E-state index contributed by atoms with van der Waals surface area (Å²) in [5.74, 6) is 7.44. The van der Waals surface area contributed by atoms with Crippen LogP contribution in [0.3, 0.4) is 0 Å². The monoisotopic (exact) mass is 466 g/mol. The number of rotatable bonds is 8. The fourth-order valence-corrected chi connectivity index (χ4v) is 4.62. The normalized spacial score (nSPS) is 13.4. The van der Waals surface area contributed by atoms with Gasteiger partial charge in [-0.25, -0.2) is 4.68 Å². The van der Waals surface area contributed by atoms with Crippen LogP contribution in [0.1, 0.15) is 35.4 Å². The summed E-state index contributed by atoms with van der Waals surface area (Å²) in [4.78, 5) is 14.9. The molecule has 2 aromatic carbocycles. The molecule has 8 nitrogen and oxygen atoms in total. The summed E-state index contributed by atoms with van der Waals surface area (Å²) in [6.45, 7) is 8.45. The molecule has 0 spiro atoms. The van der Waals surface area contributed by atoms with Crippen molar-refractivity contribution >= 4 is 29.0 Å². The number of nitrogen functional groups attached to an aromatic ring is 1. The first-order valence-electron chi connectivity index (χ1n) is 11.1. The standard InChI is InChI=1S/C24H30N6O2S/c1-16-10-17(2)12-20(11-16)32-14-22-27-28-24(30(22)25)33-15-23(31)26-21-7-6-19(13-18(21)3)29-8-4-5-9-29/h6-7,10-13H,4-5,8-9,14-15,25H2,1-3H3,(H,26,31). The van der Waals surface area contributed by atoms with Crippen molar-refractivity contribution in [2.24, 2.45) is 0 Å². The van der Waals surface area contributed by atoms with E-state index in [9.17, 15) is 4.79 Å². The predicted octanol–water partition coefficient (Wildman–Crippen LogP) is 3.83. The predicted molar refractivity (Wildman–Crippen MR) is 132 cm³/mol. The minimum atomic E-state index is -0.118. The number of amides is 1. The number of ether oxygens (including phenoxy) is 1. The number of hydrogen-bond acceptors (Lipinski definition) is 7. The van der Waals surface area contributed by atoms with Crippen molar-refractivity contribution in [3.05, 3.63) is 58.9 Å². The Balaban J connectivity index is 1.30. The highest BCUT2D eigenvalue weighted by Gasteiger charge is 2.15. The lowest BCUT2D eigenvalue weighted by atomic mass is 10.1. The van der Waals surface area contributed by atoms with Crippen LogP contribution in [0.15, 0.2) is 41.6 Å². The number of hydrogen-bond donors (Lipinski definition) is 2. The molecule has 0 atom stereocenters. The smallest absolute Gasteiger partial charge is 0.234 e.